The summed E-state index contributed by atoms with van der Waals surface area (Å²) in [7, 11) is 0. The standard InChI is InChI=1S/C15H14N2O/c18-11-12-9-17(10-13-5-3-4-8-16-13)15-7-2-1-6-14(12)15/h1-9,18H,10-11H2. The number of aromatic nitrogens is 2. The second-order valence-electron chi connectivity index (χ2n) is 4.28. The number of fused-ring (bicyclic) bond motifs is 1. The second-order valence-corrected chi connectivity index (χ2v) is 4.28. The molecule has 90 valence electrons. The molecule has 1 N–H and O–H groups in total. The van der Waals surface area contributed by atoms with Crippen molar-refractivity contribution in [2.75, 3.05) is 0 Å². The Bertz CT molecular complexity index is 659. The fraction of sp³-hybridized carbons (Fsp3) is 0.133. The van der Waals surface area contributed by atoms with Crippen molar-refractivity contribution in [3.8, 4) is 0 Å². The SMILES string of the molecule is OCc1cn(Cc2ccccn2)c2ccccc12. The predicted molar refractivity (Wildman–Crippen MR) is 71.2 cm³/mol. The topological polar surface area (TPSA) is 38.0 Å². The van der Waals surface area contributed by atoms with Crippen molar-refractivity contribution in [3.63, 3.8) is 0 Å². The zero-order chi connectivity index (χ0) is 12.4. The maximum atomic E-state index is 9.39. The lowest BCUT2D eigenvalue weighted by Crippen LogP contribution is -1.99. The van der Waals surface area contributed by atoms with Gasteiger partial charge in [0.1, 0.15) is 0 Å². The quantitative estimate of drug-likeness (QED) is 0.761. The average Bonchev–Trinajstić information content (AvgIpc) is 2.78. The third-order valence-electron chi connectivity index (χ3n) is 3.10. The molecule has 0 amide bonds. The van der Waals surface area contributed by atoms with Crippen LogP contribution in [0.4, 0.5) is 0 Å². The highest BCUT2D eigenvalue weighted by atomic mass is 16.3. The number of nitrogens with zero attached hydrogens (tertiary/aromatic N) is 2. The van der Waals surface area contributed by atoms with Crippen molar-refractivity contribution in [2.24, 2.45) is 0 Å². The summed E-state index contributed by atoms with van der Waals surface area (Å²) < 4.78 is 2.13. The summed E-state index contributed by atoms with van der Waals surface area (Å²) in [4.78, 5) is 4.33. The minimum absolute atomic E-state index is 0.0652. The van der Waals surface area contributed by atoms with Crippen LogP contribution >= 0.6 is 0 Å². The fourth-order valence-electron chi connectivity index (χ4n) is 2.25. The Morgan fingerprint density at radius 3 is 2.67 bits per heavy atom. The Kier molecular flexibility index (Phi) is 2.82. The van der Waals surface area contributed by atoms with E-state index < -0.39 is 0 Å². The van der Waals surface area contributed by atoms with Gasteiger partial charge < -0.3 is 9.67 Å². The van der Waals surface area contributed by atoms with Crippen molar-refractivity contribution in [1.29, 1.82) is 0 Å². The van der Waals surface area contributed by atoms with Crippen LogP contribution in [-0.4, -0.2) is 14.7 Å². The van der Waals surface area contributed by atoms with E-state index in [1.807, 2.05) is 42.6 Å². The summed E-state index contributed by atoms with van der Waals surface area (Å²) in [6, 6.07) is 14.0. The molecule has 0 radical (unpaired) electrons. The first-order valence-corrected chi connectivity index (χ1v) is 5.96. The van der Waals surface area contributed by atoms with Crippen LogP contribution in [0.2, 0.25) is 0 Å². The Balaban J connectivity index is 2.07. The van der Waals surface area contributed by atoms with E-state index >= 15 is 0 Å². The van der Waals surface area contributed by atoms with Crippen molar-refractivity contribution in [1.82, 2.24) is 9.55 Å². The largest absolute Gasteiger partial charge is 0.392 e. The minimum atomic E-state index is 0.0652. The van der Waals surface area contributed by atoms with Gasteiger partial charge in [0.2, 0.25) is 0 Å². The lowest BCUT2D eigenvalue weighted by molar-refractivity contribution is 0.283. The Hall–Kier alpha value is -2.13. The Morgan fingerprint density at radius 2 is 1.89 bits per heavy atom. The molecule has 3 nitrogen and oxygen atoms in total. The van der Waals surface area contributed by atoms with Crippen molar-refractivity contribution in [3.05, 3.63) is 66.1 Å². The highest BCUT2D eigenvalue weighted by Gasteiger charge is 2.07. The molecule has 0 bridgehead atoms. The van der Waals surface area contributed by atoms with E-state index in [2.05, 4.69) is 15.6 Å². The molecule has 1 aromatic carbocycles. The number of benzene rings is 1. The van der Waals surface area contributed by atoms with Crippen molar-refractivity contribution in [2.45, 2.75) is 13.2 Å². The average molecular weight is 238 g/mol. The van der Waals surface area contributed by atoms with Crippen molar-refractivity contribution < 1.29 is 5.11 Å². The second kappa shape index (κ2) is 4.63. The van der Waals surface area contributed by atoms with E-state index in [0.717, 1.165) is 28.7 Å². The number of aliphatic hydroxyl groups excluding tert-OH is 1. The van der Waals surface area contributed by atoms with Crippen LogP contribution in [0.5, 0.6) is 0 Å². The van der Waals surface area contributed by atoms with E-state index in [1.54, 1.807) is 6.20 Å². The lowest BCUT2D eigenvalue weighted by Gasteiger charge is -2.04. The smallest absolute Gasteiger partial charge is 0.0702 e. The highest BCUT2D eigenvalue weighted by Crippen LogP contribution is 2.21. The molecule has 0 unspecified atom stereocenters. The van der Waals surface area contributed by atoms with Crippen LogP contribution in [0.1, 0.15) is 11.3 Å². The lowest BCUT2D eigenvalue weighted by atomic mass is 10.2. The van der Waals surface area contributed by atoms with Crippen molar-refractivity contribution >= 4 is 10.9 Å². The molecule has 3 aromatic rings. The molecule has 2 heterocycles. The van der Waals surface area contributed by atoms with E-state index in [0.29, 0.717) is 0 Å². The minimum Gasteiger partial charge on any atom is -0.392 e. The first-order valence-electron chi connectivity index (χ1n) is 5.96. The highest BCUT2D eigenvalue weighted by molar-refractivity contribution is 5.83. The molecule has 0 spiro atoms. The summed E-state index contributed by atoms with van der Waals surface area (Å²) in [6.07, 6.45) is 3.80. The fourth-order valence-corrected chi connectivity index (χ4v) is 2.25. The van der Waals surface area contributed by atoms with Gasteiger partial charge in [-0.1, -0.05) is 24.3 Å². The molecule has 18 heavy (non-hydrogen) atoms. The number of aliphatic hydroxyl groups is 1. The monoisotopic (exact) mass is 238 g/mol. The first kappa shape index (κ1) is 11.0. The summed E-state index contributed by atoms with van der Waals surface area (Å²) in [5.41, 5.74) is 3.11. The normalized spacial score (nSPS) is 10.9. The molecule has 0 aliphatic carbocycles. The summed E-state index contributed by atoms with van der Waals surface area (Å²) in [5.74, 6) is 0. The molecule has 0 atom stereocenters. The Labute approximate surface area is 105 Å². The number of para-hydroxylation sites is 1. The van der Waals surface area contributed by atoms with Gasteiger partial charge in [0.25, 0.3) is 0 Å². The van der Waals surface area contributed by atoms with Crippen LogP contribution in [0, 0.1) is 0 Å². The summed E-state index contributed by atoms with van der Waals surface area (Å²) in [6.45, 7) is 0.789. The number of pyridine rings is 1. The van der Waals surface area contributed by atoms with E-state index in [-0.39, 0.29) is 6.61 Å². The summed E-state index contributed by atoms with van der Waals surface area (Å²) in [5, 5.41) is 10.5. The van der Waals surface area contributed by atoms with E-state index in [1.165, 1.54) is 0 Å². The van der Waals surface area contributed by atoms with Gasteiger partial charge in [-0.25, -0.2) is 0 Å². The van der Waals surface area contributed by atoms with Gasteiger partial charge in [-0.2, -0.15) is 0 Å². The van der Waals surface area contributed by atoms with Gasteiger partial charge in [0.05, 0.1) is 18.8 Å². The predicted octanol–water partition coefficient (Wildman–Crippen LogP) is 2.58. The van der Waals surface area contributed by atoms with Gasteiger partial charge in [0.15, 0.2) is 0 Å². The zero-order valence-corrected chi connectivity index (χ0v) is 9.95. The Morgan fingerprint density at radius 1 is 1.06 bits per heavy atom. The van der Waals surface area contributed by atoms with Gasteiger partial charge in [-0.15, -0.1) is 0 Å². The number of hydrogen-bond acceptors (Lipinski definition) is 2. The van der Waals surface area contributed by atoms with Gasteiger partial charge in [0, 0.05) is 28.9 Å². The van der Waals surface area contributed by atoms with Crippen LogP contribution in [0.3, 0.4) is 0 Å². The number of rotatable bonds is 3. The summed E-state index contributed by atoms with van der Waals surface area (Å²) >= 11 is 0. The van der Waals surface area contributed by atoms with Crippen LogP contribution in [0.15, 0.2) is 54.9 Å². The van der Waals surface area contributed by atoms with Crippen LogP contribution < -0.4 is 0 Å². The molecule has 0 fully saturated rings. The maximum absolute atomic E-state index is 9.39. The molecular formula is C15H14N2O. The zero-order valence-electron chi connectivity index (χ0n) is 9.95. The third kappa shape index (κ3) is 1.89. The van der Waals surface area contributed by atoms with E-state index in [9.17, 15) is 5.11 Å². The van der Waals surface area contributed by atoms with Crippen LogP contribution in [-0.2, 0) is 13.2 Å². The van der Waals surface area contributed by atoms with E-state index in [4.69, 9.17) is 0 Å². The molecule has 0 saturated heterocycles. The van der Waals surface area contributed by atoms with Gasteiger partial charge >= 0.3 is 0 Å². The maximum Gasteiger partial charge on any atom is 0.0702 e. The molecule has 0 aliphatic rings. The number of hydrogen-bond donors (Lipinski definition) is 1. The third-order valence-corrected chi connectivity index (χ3v) is 3.10. The molecule has 3 heteroatoms. The molecule has 2 aromatic heterocycles. The molecular weight excluding hydrogens is 224 g/mol. The van der Waals surface area contributed by atoms with Gasteiger partial charge in [-0.3, -0.25) is 4.98 Å². The molecule has 0 saturated carbocycles. The first-order chi connectivity index (χ1) is 8.88. The van der Waals surface area contributed by atoms with Crippen LogP contribution in [0.25, 0.3) is 10.9 Å². The molecule has 3 rings (SSSR count). The molecule has 0 aliphatic heterocycles. The van der Waals surface area contributed by atoms with Gasteiger partial charge in [-0.05, 0) is 18.2 Å².